The molecule has 4 aromatic rings. The Bertz CT molecular complexity index is 1570. The van der Waals surface area contributed by atoms with Gasteiger partial charge in [0.1, 0.15) is 4.60 Å². The summed E-state index contributed by atoms with van der Waals surface area (Å²) in [6.07, 6.45) is 1.49. The molecule has 3 heterocycles. The van der Waals surface area contributed by atoms with E-state index in [1.54, 1.807) is 43.4 Å². The number of rotatable bonds is 4. The van der Waals surface area contributed by atoms with E-state index in [0.29, 0.717) is 21.4 Å². The minimum Gasteiger partial charge on any atom is -0.478 e. The van der Waals surface area contributed by atoms with Gasteiger partial charge in [-0.25, -0.2) is 27.0 Å². The third kappa shape index (κ3) is 3.35. The molecular formula is C23H17BrN4O5S. The van der Waals surface area contributed by atoms with Gasteiger partial charge in [-0.2, -0.15) is 0 Å². The number of urea groups is 1. The summed E-state index contributed by atoms with van der Waals surface area (Å²) in [6, 6.07) is 15.4. The van der Waals surface area contributed by atoms with E-state index in [4.69, 9.17) is 5.11 Å². The van der Waals surface area contributed by atoms with Crippen molar-refractivity contribution in [2.75, 3.05) is 16.8 Å². The van der Waals surface area contributed by atoms with E-state index in [9.17, 15) is 18.0 Å². The number of carboxylic acid groups (broad SMARTS) is 1. The number of carboxylic acids is 1. The van der Waals surface area contributed by atoms with Crippen molar-refractivity contribution >= 4 is 60.4 Å². The van der Waals surface area contributed by atoms with Crippen LogP contribution in [0.5, 0.6) is 0 Å². The van der Waals surface area contributed by atoms with E-state index in [0.717, 1.165) is 9.54 Å². The molecule has 172 valence electrons. The molecule has 0 aliphatic carbocycles. The lowest BCUT2D eigenvalue weighted by Gasteiger charge is -2.35. The number of halogens is 1. The maximum Gasteiger partial charge on any atom is 0.335 e. The molecule has 11 heteroatoms. The first-order chi connectivity index (χ1) is 16.2. The molecule has 1 aliphatic heterocycles. The van der Waals surface area contributed by atoms with Gasteiger partial charge in [-0.05, 0) is 58.4 Å². The van der Waals surface area contributed by atoms with Crippen LogP contribution in [-0.2, 0) is 16.6 Å². The standard InChI is InChI=1S/C23H17BrN4O5S/c1-26-19-12-25-21-17(11-20(24)28(21)34(32,33)16-5-3-2-4-6-16)18(19)13-27(23(26)31)15-9-7-14(8-10-15)22(29)30/h2-12H,13H2,1H3,(H,29,30). The van der Waals surface area contributed by atoms with Gasteiger partial charge in [0.25, 0.3) is 10.0 Å². The molecule has 2 amide bonds. The molecule has 9 nitrogen and oxygen atoms in total. The number of carbonyl (C=O) groups is 2. The van der Waals surface area contributed by atoms with E-state index < -0.39 is 16.0 Å². The zero-order valence-corrected chi connectivity index (χ0v) is 20.1. The summed E-state index contributed by atoms with van der Waals surface area (Å²) in [6.45, 7) is 0.159. The molecule has 1 aliphatic rings. The predicted molar refractivity (Wildman–Crippen MR) is 130 cm³/mol. The van der Waals surface area contributed by atoms with Crippen LogP contribution in [0.4, 0.5) is 16.2 Å². The average molecular weight is 541 g/mol. The molecule has 0 radical (unpaired) electrons. The Labute approximate surface area is 203 Å². The number of hydrogen-bond donors (Lipinski definition) is 1. The van der Waals surface area contributed by atoms with Crippen molar-refractivity contribution in [2.24, 2.45) is 0 Å². The molecule has 2 aromatic carbocycles. The van der Waals surface area contributed by atoms with E-state index in [2.05, 4.69) is 20.9 Å². The summed E-state index contributed by atoms with van der Waals surface area (Å²) in [5.41, 5.74) is 2.15. The summed E-state index contributed by atoms with van der Waals surface area (Å²) < 4.78 is 28.2. The van der Waals surface area contributed by atoms with E-state index >= 15 is 0 Å². The fraction of sp³-hybridized carbons (Fsp3) is 0.0870. The molecule has 0 saturated heterocycles. The van der Waals surface area contributed by atoms with Crippen LogP contribution < -0.4 is 9.80 Å². The van der Waals surface area contributed by atoms with Crippen molar-refractivity contribution in [2.45, 2.75) is 11.4 Å². The lowest BCUT2D eigenvalue weighted by atomic mass is 10.1. The number of aromatic carboxylic acids is 1. The average Bonchev–Trinajstić information content (AvgIpc) is 3.18. The number of anilines is 2. The third-order valence-electron chi connectivity index (χ3n) is 5.74. The van der Waals surface area contributed by atoms with Crippen molar-refractivity contribution in [3.63, 3.8) is 0 Å². The number of nitrogens with zero attached hydrogens (tertiary/aromatic N) is 4. The van der Waals surface area contributed by atoms with Gasteiger partial charge >= 0.3 is 12.0 Å². The quantitative estimate of drug-likeness (QED) is 0.412. The van der Waals surface area contributed by atoms with Gasteiger partial charge in [0.15, 0.2) is 5.65 Å². The van der Waals surface area contributed by atoms with Crippen molar-refractivity contribution in [1.82, 2.24) is 8.96 Å². The maximum atomic E-state index is 13.4. The zero-order valence-electron chi connectivity index (χ0n) is 17.7. The first-order valence-corrected chi connectivity index (χ1v) is 12.3. The summed E-state index contributed by atoms with van der Waals surface area (Å²) in [5, 5.41) is 9.73. The number of aromatic nitrogens is 2. The molecule has 0 spiro atoms. The number of hydrogen-bond acceptors (Lipinski definition) is 5. The Kier molecular flexibility index (Phi) is 5.18. The van der Waals surface area contributed by atoms with Crippen LogP contribution >= 0.6 is 15.9 Å². The summed E-state index contributed by atoms with van der Waals surface area (Å²) in [7, 11) is -2.31. The van der Waals surface area contributed by atoms with Gasteiger partial charge in [-0.15, -0.1) is 0 Å². The zero-order chi connectivity index (χ0) is 24.2. The van der Waals surface area contributed by atoms with Crippen LogP contribution in [0.2, 0.25) is 0 Å². The van der Waals surface area contributed by atoms with Crippen molar-refractivity contribution in [1.29, 1.82) is 0 Å². The Balaban J connectivity index is 1.65. The Hall–Kier alpha value is -3.70. The molecule has 0 fully saturated rings. The smallest absolute Gasteiger partial charge is 0.335 e. The molecule has 1 N–H and O–H groups in total. The predicted octanol–water partition coefficient (Wildman–Crippen LogP) is 4.31. The third-order valence-corrected chi connectivity index (χ3v) is 8.27. The summed E-state index contributed by atoms with van der Waals surface area (Å²) >= 11 is 3.37. The molecule has 34 heavy (non-hydrogen) atoms. The minimum absolute atomic E-state index is 0.112. The molecule has 0 saturated carbocycles. The topological polar surface area (TPSA) is 113 Å². The number of carbonyl (C=O) groups excluding carboxylic acids is 1. The first-order valence-electron chi connectivity index (χ1n) is 10.1. The number of fused-ring (bicyclic) bond motifs is 3. The fourth-order valence-electron chi connectivity index (χ4n) is 4.01. The maximum absolute atomic E-state index is 13.4. The van der Waals surface area contributed by atoms with Gasteiger partial charge in [0.2, 0.25) is 0 Å². The van der Waals surface area contributed by atoms with Crippen LogP contribution in [0.25, 0.3) is 11.0 Å². The molecule has 0 bridgehead atoms. The largest absolute Gasteiger partial charge is 0.478 e. The number of pyridine rings is 1. The fourth-order valence-corrected chi connectivity index (χ4v) is 6.35. The first kappa shape index (κ1) is 22.1. The van der Waals surface area contributed by atoms with Crippen LogP contribution in [0.15, 0.2) is 76.4 Å². The Morgan fingerprint density at radius 2 is 1.76 bits per heavy atom. The van der Waals surface area contributed by atoms with Gasteiger partial charge < -0.3 is 5.11 Å². The van der Waals surface area contributed by atoms with Crippen molar-refractivity contribution < 1.29 is 23.1 Å². The molecule has 0 unspecified atom stereocenters. The Morgan fingerprint density at radius 3 is 2.41 bits per heavy atom. The van der Waals surface area contributed by atoms with Crippen LogP contribution in [-0.4, -0.2) is 41.5 Å². The second kappa shape index (κ2) is 7.96. The van der Waals surface area contributed by atoms with Gasteiger partial charge in [0.05, 0.1) is 28.9 Å². The number of benzene rings is 2. The summed E-state index contributed by atoms with van der Waals surface area (Å²) in [5.74, 6) is -1.06. The highest BCUT2D eigenvalue weighted by Gasteiger charge is 2.33. The van der Waals surface area contributed by atoms with Crippen molar-refractivity contribution in [3.8, 4) is 0 Å². The van der Waals surface area contributed by atoms with Gasteiger partial charge in [0, 0.05) is 23.7 Å². The second-order valence-electron chi connectivity index (χ2n) is 7.69. The highest BCUT2D eigenvalue weighted by Crippen LogP contribution is 2.38. The Morgan fingerprint density at radius 1 is 1.09 bits per heavy atom. The summed E-state index contributed by atoms with van der Waals surface area (Å²) in [4.78, 5) is 31.7. The second-order valence-corrected chi connectivity index (χ2v) is 10.3. The van der Waals surface area contributed by atoms with Crippen LogP contribution in [0.1, 0.15) is 15.9 Å². The monoisotopic (exact) mass is 540 g/mol. The highest BCUT2D eigenvalue weighted by molar-refractivity contribution is 9.10. The normalized spacial score (nSPS) is 13.9. The van der Waals surface area contributed by atoms with Gasteiger partial charge in [-0.3, -0.25) is 9.80 Å². The highest BCUT2D eigenvalue weighted by atomic mass is 79.9. The molecule has 2 aromatic heterocycles. The van der Waals surface area contributed by atoms with Gasteiger partial charge in [-0.1, -0.05) is 18.2 Å². The molecule has 5 rings (SSSR count). The van der Waals surface area contributed by atoms with Crippen molar-refractivity contribution in [3.05, 3.63) is 82.6 Å². The minimum atomic E-state index is -3.92. The lowest BCUT2D eigenvalue weighted by molar-refractivity contribution is 0.0697. The lowest BCUT2D eigenvalue weighted by Crippen LogP contribution is -2.45. The molecule has 0 atom stereocenters. The van der Waals surface area contributed by atoms with E-state index in [1.165, 1.54) is 40.3 Å². The van der Waals surface area contributed by atoms with Crippen LogP contribution in [0, 0.1) is 0 Å². The number of amides is 2. The van der Waals surface area contributed by atoms with E-state index in [1.807, 2.05) is 0 Å². The van der Waals surface area contributed by atoms with E-state index in [-0.39, 0.29) is 28.7 Å². The molecular weight excluding hydrogens is 524 g/mol. The van der Waals surface area contributed by atoms with Crippen LogP contribution in [0.3, 0.4) is 0 Å². The SMILES string of the molecule is CN1C(=O)N(c2ccc(C(=O)O)cc2)Cc2c1cnc1c2cc(Br)n1S(=O)(=O)c1ccccc1.